The predicted octanol–water partition coefficient (Wildman–Crippen LogP) is 17.9. The molecule has 0 radical (unpaired) electrons. The minimum absolute atomic E-state index is 0.200. The number of aromatic nitrogens is 4. The van der Waals surface area contributed by atoms with Gasteiger partial charge in [0.1, 0.15) is 23.3 Å². The first-order valence-corrected chi connectivity index (χ1v) is 24.0. The van der Waals surface area contributed by atoms with Crippen molar-refractivity contribution in [2.75, 3.05) is 0 Å². The van der Waals surface area contributed by atoms with Crippen LogP contribution in [0.1, 0.15) is 44.0 Å². The molecule has 0 unspecified atom stereocenters. The first-order valence-electron chi connectivity index (χ1n) is 35.2. The molecule has 0 saturated heterocycles. The van der Waals surface area contributed by atoms with Crippen molar-refractivity contribution in [1.29, 1.82) is 10.5 Å². The summed E-state index contributed by atoms with van der Waals surface area (Å²) in [6.45, 7) is 0. The highest BCUT2D eigenvalue weighted by molar-refractivity contribution is 7.26. The molecule has 0 atom stereocenters. The molecule has 5 aromatic heterocycles. The second kappa shape index (κ2) is 15.7. The largest absolute Gasteiger partial charge is 0.306 e. The summed E-state index contributed by atoms with van der Waals surface area (Å²) in [7, 11) is 0. The smallest absolute Gasteiger partial charge is 0.104 e. The monoisotopic (exact) mass is 994 g/mol. The molecule has 16 aromatic rings. The Labute approximate surface area is 466 Å². The Morgan fingerprint density at radius 2 is 0.733 bits per heavy atom. The van der Waals surface area contributed by atoms with E-state index in [4.69, 9.17) is 8.22 Å². The molecule has 16 rings (SSSR count). The van der Waals surface area contributed by atoms with E-state index in [0.717, 1.165) is 29.4 Å². The minimum Gasteiger partial charge on any atom is -0.306 e. The van der Waals surface area contributed by atoms with Crippen molar-refractivity contribution >= 4 is 119 Å². The zero-order valence-corrected chi connectivity index (χ0v) is 39.0. The normalized spacial score (nSPS) is 16.5. The molecular weight excluding hydrogens is 933 g/mol. The predicted molar refractivity (Wildman–Crippen MR) is 312 cm³/mol. The van der Waals surface area contributed by atoms with Gasteiger partial charge in [0.05, 0.1) is 104 Å². The van der Waals surface area contributed by atoms with E-state index < -0.39 is 244 Å². The average Bonchev–Trinajstić information content (AvgIpc) is 1.54. The van der Waals surface area contributed by atoms with Crippen LogP contribution in [0.15, 0.2) is 230 Å². The molecule has 5 heterocycles. The van der Waals surface area contributed by atoms with Crippen LogP contribution < -0.4 is 0 Å². The molecule has 11 aromatic carbocycles. The summed E-state index contributed by atoms with van der Waals surface area (Å²) in [4.78, 5) is 0. The fourth-order valence-electron chi connectivity index (χ4n) is 11.0. The Morgan fingerprint density at radius 1 is 0.333 bits per heavy atom. The Morgan fingerprint density at radius 3 is 1.19 bits per heavy atom. The van der Waals surface area contributed by atoms with Gasteiger partial charge in [-0.25, -0.2) is 0 Å². The Bertz CT molecular complexity index is 6460. The molecule has 0 fully saturated rings. The van der Waals surface area contributed by atoms with Gasteiger partial charge < -0.3 is 18.3 Å². The van der Waals surface area contributed by atoms with Crippen LogP contribution in [0.3, 0.4) is 0 Å². The van der Waals surface area contributed by atoms with Crippen molar-refractivity contribution in [3.05, 3.63) is 241 Å². The van der Waals surface area contributed by atoms with E-state index in [1.165, 1.54) is 11.3 Å². The fraction of sp³-hybridized carbons (Fsp3) is 0. The molecule has 0 aliphatic rings. The zero-order valence-electron chi connectivity index (χ0n) is 62.2. The van der Waals surface area contributed by atoms with Gasteiger partial charge in [0.25, 0.3) is 0 Å². The molecule has 0 N–H and O–H groups in total. The number of hydrogen-bond donors (Lipinski definition) is 0. The van der Waals surface area contributed by atoms with Crippen molar-refractivity contribution in [2.45, 2.75) is 0 Å². The standard InChI is InChI=1S/C68H38N6S/c69-39-53-63(71-55-27-11-4-20-43(55)44-21-5-12-28-56(44)71)64(72-57-29-13-6-22-45(57)46-23-7-14-30-58(46)72)54(40-70)66(65(53)73-59-31-15-8-24-47(59)48-25-9-16-32-60(48)73)74-61-37-34-42(41-18-2-1-3-19-41)38-52(61)50-35-36-51-49-26-10-17-33-62(49)75-68(51)67(50)74/h1-38H/i4D,5D,6D,7D,8D,9D,11D,12D,13D,14D,15D,16D,20D,21D,22D,23D,24D,25D,27D,28D,29D,30D,31D,32D. The van der Waals surface area contributed by atoms with Crippen LogP contribution >= 0.6 is 11.3 Å². The third-order valence-corrected chi connectivity index (χ3v) is 15.2. The molecule has 0 bridgehead atoms. The van der Waals surface area contributed by atoms with Gasteiger partial charge in [-0.1, -0.05) is 175 Å². The molecule has 75 heavy (non-hydrogen) atoms. The lowest BCUT2D eigenvalue weighted by atomic mass is 9.98. The van der Waals surface area contributed by atoms with E-state index in [2.05, 4.69) is 12.1 Å². The van der Waals surface area contributed by atoms with Crippen molar-refractivity contribution in [3.8, 4) is 46.0 Å². The third kappa shape index (κ3) is 5.59. The summed E-state index contributed by atoms with van der Waals surface area (Å²) in [6, 6.07) is 8.27. The number of para-hydroxylation sites is 6. The number of hydrogen-bond acceptors (Lipinski definition) is 3. The molecule has 6 nitrogen and oxygen atoms in total. The molecule has 0 spiro atoms. The highest BCUT2D eigenvalue weighted by Crippen LogP contribution is 2.51. The Balaban J connectivity index is 1.34. The summed E-state index contributed by atoms with van der Waals surface area (Å²) < 4.78 is 234. The Hall–Kier alpha value is -10.2. The maximum atomic E-state index is 13.2. The highest BCUT2D eigenvalue weighted by atomic mass is 32.1. The topological polar surface area (TPSA) is 67.3 Å². The Kier molecular flexibility index (Phi) is 5.11. The second-order valence-corrected chi connectivity index (χ2v) is 18.6. The quantitative estimate of drug-likeness (QED) is 0.172. The summed E-state index contributed by atoms with van der Waals surface area (Å²) in [5, 5.41) is 25.2. The highest BCUT2D eigenvalue weighted by Gasteiger charge is 2.35. The molecular formula is C68H38N6S. The lowest BCUT2D eigenvalue weighted by molar-refractivity contribution is 1.03. The number of rotatable bonds is 5. The first-order chi connectivity index (χ1) is 47.2. The zero-order chi connectivity index (χ0) is 70.4. The molecule has 0 amide bonds. The number of nitrogens with zero attached hydrogens (tertiary/aromatic N) is 6. The van der Waals surface area contributed by atoms with E-state index in [9.17, 15) is 35.2 Å². The van der Waals surface area contributed by atoms with Gasteiger partial charge in [0.15, 0.2) is 0 Å². The van der Waals surface area contributed by atoms with Crippen LogP contribution in [-0.2, 0) is 0 Å². The molecule has 0 aliphatic carbocycles. The van der Waals surface area contributed by atoms with Gasteiger partial charge in [-0.05, 0) is 65.6 Å². The van der Waals surface area contributed by atoms with Crippen LogP contribution in [-0.4, -0.2) is 18.3 Å². The lowest BCUT2D eigenvalue weighted by Crippen LogP contribution is -2.16. The summed E-state index contributed by atoms with van der Waals surface area (Å²) in [5.74, 6) is 0. The van der Waals surface area contributed by atoms with Crippen molar-refractivity contribution in [1.82, 2.24) is 18.3 Å². The van der Waals surface area contributed by atoms with Crippen LogP contribution in [0.25, 0.3) is 141 Å². The van der Waals surface area contributed by atoms with Crippen molar-refractivity contribution in [2.24, 2.45) is 0 Å². The molecule has 346 valence electrons. The van der Waals surface area contributed by atoms with Gasteiger partial charge in [-0.15, -0.1) is 11.3 Å². The van der Waals surface area contributed by atoms with Gasteiger partial charge >= 0.3 is 0 Å². The number of benzene rings is 11. The first kappa shape index (κ1) is 24.5. The minimum atomic E-state index is -0.980. The van der Waals surface area contributed by atoms with Crippen LogP contribution in [0.4, 0.5) is 0 Å². The lowest BCUT2D eigenvalue weighted by Gasteiger charge is -2.27. The van der Waals surface area contributed by atoms with E-state index in [1.807, 2.05) is 72.8 Å². The van der Waals surface area contributed by atoms with Gasteiger partial charge in [0, 0.05) is 58.6 Å². The maximum absolute atomic E-state index is 13.2. The van der Waals surface area contributed by atoms with Crippen molar-refractivity contribution in [3.63, 3.8) is 0 Å². The maximum Gasteiger partial charge on any atom is 0.104 e. The van der Waals surface area contributed by atoms with E-state index >= 15 is 0 Å². The SMILES string of the molecule is [2H]c1c([2H])c([2H])c2c(c1[2H])c1c([2H])c([2H])c([2H])c([2H])c1n2-c1c(C#N)c(-n2c3c([2H])c([2H])c([2H])c([2H])c3c3c([2H])c([2H])c([2H])c([2H])c32)c(-n2c3ccc(-c4ccccc4)cc3c3ccc4c5ccccc5sc4c32)c(C#N)c1-n1c2c([2H])c([2H])c([2H])c([2H])c2c2c([2H])c([2H])c([2H])c([2H])c21. The fourth-order valence-corrected chi connectivity index (χ4v) is 12.3. The summed E-state index contributed by atoms with van der Waals surface area (Å²) in [6.07, 6.45) is 0. The average molecular weight is 995 g/mol. The van der Waals surface area contributed by atoms with E-state index in [1.54, 1.807) is 16.7 Å². The second-order valence-electron chi connectivity index (χ2n) is 17.6. The molecule has 7 heteroatoms. The van der Waals surface area contributed by atoms with Gasteiger partial charge in [-0.3, -0.25) is 0 Å². The summed E-state index contributed by atoms with van der Waals surface area (Å²) in [5.41, 5.74) is -6.86. The third-order valence-electron chi connectivity index (χ3n) is 14.0. The van der Waals surface area contributed by atoms with E-state index in [-0.39, 0.29) is 11.0 Å². The van der Waals surface area contributed by atoms with Crippen LogP contribution in [0, 0.1) is 22.7 Å². The van der Waals surface area contributed by atoms with Crippen LogP contribution in [0.2, 0.25) is 0 Å². The van der Waals surface area contributed by atoms with Gasteiger partial charge in [0.2, 0.25) is 0 Å². The summed E-state index contributed by atoms with van der Waals surface area (Å²) >= 11 is 1.30. The van der Waals surface area contributed by atoms with E-state index in [0.29, 0.717) is 26.4 Å². The number of nitriles is 2. The molecule has 0 aliphatic heterocycles. The van der Waals surface area contributed by atoms with Crippen molar-refractivity contribution < 1.29 is 32.9 Å². The number of fused-ring (bicyclic) bond motifs is 16. The number of thiophene rings is 1. The molecule has 0 saturated carbocycles. The van der Waals surface area contributed by atoms with Gasteiger partial charge in [-0.2, -0.15) is 10.5 Å². The van der Waals surface area contributed by atoms with Crippen LogP contribution in [0.5, 0.6) is 0 Å².